The van der Waals surface area contributed by atoms with Crippen LogP contribution in [0.1, 0.15) is 24.2 Å². The maximum atomic E-state index is 12.0. The summed E-state index contributed by atoms with van der Waals surface area (Å²) >= 11 is 5.19. The zero-order valence-electron chi connectivity index (χ0n) is 13.4. The van der Waals surface area contributed by atoms with Gasteiger partial charge in [-0.05, 0) is 62.5 Å². The van der Waals surface area contributed by atoms with E-state index >= 15 is 0 Å². The molecule has 0 saturated carbocycles. The Morgan fingerprint density at radius 2 is 1.61 bits per heavy atom. The lowest BCUT2D eigenvalue weighted by Gasteiger charge is -2.21. The van der Waals surface area contributed by atoms with Gasteiger partial charge in [-0.3, -0.25) is 10.1 Å². The molecule has 0 bridgehead atoms. The largest absolute Gasteiger partial charge is 0.372 e. The fourth-order valence-corrected chi connectivity index (χ4v) is 2.48. The highest BCUT2D eigenvalue weighted by molar-refractivity contribution is 7.80. The number of nitrogens with zero attached hydrogens (tertiary/aromatic N) is 1. The molecule has 0 aliphatic carbocycles. The van der Waals surface area contributed by atoms with Crippen LogP contribution in [0.5, 0.6) is 0 Å². The van der Waals surface area contributed by atoms with Crippen molar-refractivity contribution >= 4 is 34.6 Å². The molecule has 2 aromatic rings. The van der Waals surface area contributed by atoms with Crippen molar-refractivity contribution in [2.24, 2.45) is 0 Å². The molecule has 2 aromatic carbocycles. The van der Waals surface area contributed by atoms with Crippen LogP contribution in [-0.4, -0.2) is 24.1 Å². The van der Waals surface area contributed by atoms with Crippen LogP contribution in [0.15, 0.2) is 54.6 Å². The summed E-state index contributed by atoms with van der Waals surface area (Å²) in [5, 5.41) is 5.99. The van der Waals surface area contributed by atoms with E-state index in [1.807, 2.05) is 42.5 Å². The van der Waals surface area contributed by atoms with Crippen LogP contribution in [-0.2, 0) is 0 Å². The monoisotopic (exact) mass is 327 g/mol. The lowest BCUT2D eigenvalue weighted by atomic mass is 10.2. The number of thiocarbonyl (C=S) groups is 1. The van der Waals surface area contributed by atoms with Crippen LogP contribution in [0.25, 0.3) is 0 Å². The average molecular weight is 327 g/mol. The van der Waals surface area contributed by atoms with E-state index in [-0.39, 0.29) is 11.0 Å². The van der Waals surface area contributed by atoms with Crippen molar-refractivity contribution in [1.29, 1.82) is 0 Å². The van der Waals surface area contributed by atoms with Crippen molar-refractivity contribution in [3.05, 3.63) is 60.2 Å². The minimum absolute atomic E-state index is 0.220. The van der Waals surface area contributed by atoms with Gasteiger partial charge in [0.1, 0.15) is 0 Å². The predicted molar refractivity (Wildman–Crippen MR) is 100 cm³/mol. The van der Waals surface area contributed by atoms with E-state index < -0.39 is 0 Å². The molecule has 2 rings (SSSR count). The summed E-state index contributed by atoms with van der Waals surface area (Å²) < 4.78 is 0. The summed E-state index contributed by atoms with van der Waals surface area (Å²) in [6.45, 7) is 6.19. The Morgan fingerprint density at radius 1 is 1.00 bits per heavy atom. The first-order valence-electron chi connectivity index (χ1n) is 7.66. The lowest BCUT2D eigenvalue weighted by Crippen LogP contribution is -2.34. The van der Waals surface area contributed by atoms with E-state index in [1.165, 1.54) is 5.69 Å². The first-order chi connectivity index (χ1) is 11.1. The van der Waals surface area contributed by atoms with Crippen molar-refractivity contribution < 1.29 is 4.79 Å². The highest BCUT2D eigenvalue weighted by atomic mass is 32.1. The maximum absolute atomic E-state index is 12.0. The Balaban J connectivity index is 1.94. The lowest BCUT2D eigenvalue weighted by molar-refractivity contribution is 0.0977. The number of amides is 1. The fourth-order valence-electron chi connectivity index (χ4n) is 2.27. The molecule has 0 spiro atoms. The SMILES string of the molecule is CCN(CC)c1ccc(NC(=S)NC(=O)c2ccccc2)cc1. The summed E-state index contributed by atoms with van der Waals surface area (Å²) in [4.78, 5) is 14.3. The molecular formula is C18H21N3OS. The van der Waals surface area contributed by atoms with E-state index in [0.29, 0.717) is 5.56 Å². The first-order valence-corrected chi connectivity index (χ1v) is 8.07. The summed E-state index contributed by atoms with van der Waals surface area (Å²) in [5.41, 5.74) is 2.59. The summed E-state index contributed by atoms with van der Waals surface area (Å²) in [5.74, 6) is -0.220. The highest BCUT2D eigenvalue weighted by Gasteiger charge is 2.07. The average Bonchev–Trinajstić information content (AvgIpc) is 2.58. The maximum Gasteiger partial charge on any atom is 0.257 e. The van der Waals surface area contributed by atoms with Crippen LogP contribution in [0.2, 0.25) is 0 Å². The van der Waals surface area contributed by atoms with E-state index in [1.54, 1.807) is 12.1 Å². The number of hydrogen-bond acceptors (Lipinski definition) is 3. The Labute approximate surface area is 142 Å². The van der Waals surface area contributed by atoms with Crippen molar-refractivity contribution in [3.63, 3.8) is 0 Å². The van der Waals surface area contributed by atoms with Gasteiger partial charge in [-0.1, -0.05) is 18.2 Å². The molecule has 1 amide bonds. The van der Waals surface area contributed by atoms with E-state index in [0.717, 1.165) is 18.8 Å². The van der Waals surface area contributed by atoms with Crippen LogP contribution < -0.4 is 15.5 Å². The Morgan fingerprint density at radius 3 is 2.17 bits per heavy atom. The number of carbonyl (C=O) groups is 1. The van der Waals surface area contributed by atoms with E-state index in [2.05, 4.69) is 29.4 Å². The summed E-state index contributed by atoms with van der Waals surface area (Å²) in [6, 6.07) is 17.0. The minimum atomic E-state index is -0.220. The topological polar surface area (TPSA) is 44.4 Å². The standard InChI is InChI=1S/C18H21N3OS/c1-3-21(4-2)16-12-10-15(11-13-16)19-18(23)20-17(22)14-8-6-5-7-9-14/h5-13H,3-4H2,1-2H3,(H2,19,20,22,23). The third-order valence-corrected chi connectivity index (χ3v) is 3.72. The molecule has 0 aliphatic heterocycles. The van der Waals surface area contributed by atoms with Gasteiger partial charge in [0, 0.05) is 30.0 Å². The Kier molecular flexibility index (Phi) is 6.11. The van der Waals surface area contributed by atoms with Crippen molar-refractivity contribution in [2.45, 2.75) is 13.8 Å². The van der Waals surface area contributed by atoms with Gasteiger partial charge in [0.05, 0.1) is 0 Å². The van der Waals surface area contributed by atoms with Gasteiger partial charge in [0.15, 0.2) is 5.11 Å². The number of hydrogen-bond donors (Lipinski definition) is 2. The van der Waals surface area contributed by atoms with Crippen LogP contribution in [0, 0.1) is 0 Å². The molecular weight excluding hydrogens is 306 g/mol. The molecule has 0 unspecified atom stereocenters. The molecule has 0 fully saturated rings. The van der Waals surface area contributed by atoms with Crippen LogP contribution in [0.3, 0.4) is 0 Å². The van der Waals surface area contributed by atoms with Crippen molar-refractivity contribution in [3.8, 4) is 0 Å². The number of rotatable bonds is 5. The zero-order chi connectivity index (χ0) is 16.7. The first kappa shape index (κ1) is 17.0. The molecule has 0 heterocycles. The Hall–Kier alpha value is -2.40. The smallest absolute Gasteiger partial charge is 0.257 e. The molecule has 0 aromatic heterocycles. The molecule has 4 nitrogen and oxygen atoms in total. The molecule has 0 radical (unpaired) electrons. The van der Waals surface area contributed by atoms with E-state index in [9.17, 15) is 4.79 Å². The third-order valence-electron chi connectivity index (χ3n) is 3.52. The summed E-state index contributed by atoms with van der Waals surface area (Å²) in [6.07, 6.45) is 0. The summed E-state index contributed by atoms with van der Waals surface area (Å²) in [7, 11) is 0. The van der Waals surface area contributed by atoms with Gasteiger partial charge in [0.25, 0.3) is 5.91 Å². The fraction of sp³-hybridized carbons (Fsp3) is 0.222. The van der Waals surface area contributed by atoms with Gasteiger partial charge < -0.3 is 10.2 Å². The molecule has 0 atom stereocenters. The number of carbonyl (C=O) groups excluding carboxylic acids is 1. The van der Waals surface area contributed by atoms with Crippen molar-refractivity contribution in [2.75, 3.05) is 23.3 Å². The van der Waals surface area contributed by atoms with E-state index in [4.69, 9.17) is 12.2 Å². The molecule has 5 heteroatoms. The van der Waals surface area contributed by atoms with Crippen molar-refractivity contribution in [1.82, 2.24) is 5.32 Å². The second-order valence-electron chi connectivity index (χ2n) is 4.99. The minimum Gasteiger partial charge on any atom is -0.372 e. The molecule has 2 N–H and O–H groups in total. The highest BCUT2D eigenvalue weighted by Crippen LogP contribution is 2.17. The normalized spacial score (nSPS) is 10.0. The number of anilines is 2. The zero-order valence-corrected chi connectivity index (χ0v) is 14.2. The molecule has 0 saturated heterocycles. The molecule has 23 heavy (non-hydrogen) atoms. The second-order valence-corrected chi connectivity index (χ2v) is 5.40. The predicted octanol–water partition coefficient (Wildman–Crippen LogP) is 3.66. The second kappa shape index (κ2) is 8.29. The third kappa shape index (κ3) is 4.79. The van der Waals surface area contributed by atoms with Gasteiger partial charge in [-0.25, -0.2) is 0 Å². The number of nitrogens with one attached hydrogen (secondary N) is 2. The van der Waals surface area contributed by atoms with Gasteiger partial charge in [-0.2, -0.15) is 0 Å². The van der Waals surface area contributed by atoms with Gasteiger partial charge in [-0.15, -0.1) is 0 Å². The van der Waals surface area contributed by atoms with Crippen LogP contribution in [0.4, 0.5) is 11.4 Å². The number of benzene rings is 2. The van der Waals surface area contributed by atoms with Gasteiger partial charge >= 0.3 is 0 Å². The Bertz CT molecular complexity index is 652. The quantitative estimate of drug-likeness (QED) is 0.823. The molecule has 120 valence electrons. The van der Waals surface area contributed by atoms with Gasteiger partial charge in [0.2, 0.25) is 0 Å². The molecule has 0 aliphatic rings. The van der Waals surface area contributed by atoms with Crippen LogP contribution >= 0.6 is 12.2 Å².